The van der Waals surface area contributed by atoms with E-state index < -0.39 is 6.04 Å². The van der Waals surface area contributed by atoms with Crippen LogP contribution in [-0.4, -0.2) is 33.5 Å². The predicted octanol–water partition coefficient (Wildman–Crippen LogP) is 2.73. The normalized spacial score (nSPS) is 11.0. The van der Waals surface area contributed by atoms with Crippen LogP contribution in [0.25, 0.3) is 5.69 Å². The van der Waals surface area contributed by atoms with Gasteiger partial charge in [0.05, 0.1) is 12.4 Å². The number of amides is 1. The molecule has 0 aliphatic rings. The molecule has 0 saturated carbocycles. The Hall–Kier alpha value is -1.21. The highest BCUT2D eigenvalue weighted by Gasteiger charge is 2.13. The Labute approximate surface area is 146 Å². The molecule has 2 aromatic rings. The Morgan fingerprint density at radius 3 is 2.86 bits per heavy atom. The molecule has 0 saturated heterocycles. The monoisotopic (exact) mass is 362 g/mol. The number of hydrogen-bond acceptors (Lipinski definition) is 4. The van der Waals surface area contributed by atoms with Crippen molar-refractivity contribution in [3.63, 3.8) is 0 Å². The summed E-state index contributed by atoms with van der Waals surface area (Å²) < 4.78 is 1.88. The van der Waals surface area contributed by atoms with Crippen molar-refractivity contribution in [1.82, 2.24) is 9.55 Å². The van der Waals surface area contributed by atoms with Crippen LogP contribution < -0.4 is 11.1 Å². The highest BCUT2D eigenvalue weighted by Crippen LogP contribution is 2.14. The summed E-state index contributed by atoms with van der Waals surface area (Å²) in [6.45, 7) is 0. The van der Waals surface area contributed by atoms with E-state index in [-0.39, 0.29) is 30.7 Å². The minimum atomic E-state index is -0.473. The van der Waals surface area contributed by atoms with Gasteiger partial charge < -0.3 is 15.6 Å². The van der Waals surface area contributed by atoms with E-state index >= 15 is 0 Å². The fourth-order valence-corrected chi connectivity index (χ4v) is 2.26. The number of halogens is 2. The summed E-state index contributed by atoms with van der Waals surface area (Å²) in [5, 5.41) is 2.85. The third kappa shape index (κ3) is 5.88. The summed E-state index contributed by atoms with van der Waals surface area (Å²) in [5.74, 6) is 0.728. The van der Waals surface area contributed by atoms with Gasteiger partial charge in [-0.1, -0.05) is 6.07 Å². The first-order chi connectivity index (χ1) is 9.70. The number of aromatic nitrogens is 2. The van der Waals surface area contributed by atoms with Crippen LogP contribution in [0.1, 0.15) is 6.42 Å². The number of imidazole rings is 1. The average molecular weight is 363 g/mol. The Bertz CT molecular complexity index is 566. The smallest absolute Gasteiger partial charge is 0.241 e. The van der Waals surface area contributed by atoms with Crippen LogP contribution in [0.15, 0.2) is 43.0 Å². The summed E-state index contributed by atoms with van der Waals surface area (Å²) >= 11 is 1.68. The van der Waals surface area contributed by atoms with E-state index in [4.69, 9.17) is 5.73 Å². The van der Waals surface area contributed by atoms with Crippen molar-refractivity contribution >= 4 is 48.2 Å². The standard InChI is InChI=1S/C14H18N4OS.2ClH/c1-20-8-5-13(15)14(19)17-11-3-2-4-12(9-11)18-7-6-16-10-18;;/h2-4,6-7,9-10,13H,5,8,15H2,1H3,(H,17,19);2*1H/t13-;;/m0../s1. The summed E-state index contributed by atoms with van der Waals surface area (Å²) in [5.41, 5.74) is 7.52. The first kappa shape index (κ1) is 20.8. The first-order valence-electron chi connectivity index (χ1n) is 6.34. The zero-order valence-electron chi connectivity index (χ0n) is 12.1. The van der Waals surface area contributed by atoms with E-state index in [2.05, 4.69) is 10.3 Å². The van der Waals surface area contributed by atoms with Gasteiger partial charge in [-0.2, -0.15) is 11.8 Å². The second-order valence-electron chi connectivity index (χ2n) is 4.40. The number of nitrogens with one attached hydrogen (secondary N) is 1. The number of nitrogens with zero attached hydrogens (tertiary/aromatic N) is 2. The average Bonchev–Trinajstić information content (AvgIpc) is 2.99. The molecule has 0 spiro atoms. The Balaban J connectivity index is 0.00000220. The third-order valence-electron chi connectivity index (χ3n) is 2.89. The van der Waals surface area contributed by atoms with Gasteiger partial charge in [0.15, 0.2) is 0 Å². The molecule has 22 heavy (non-hydrogen) atoms. The maximum atomic E-state index is 12.0. The highest BCUT2D eigenvalue weighted by molar-refractivity contribution is 7.98. The maximum Gasteiger partial charge on any atom is 0.241 e. The van der Waals surface area contributed by atoms with Crippen molar-refractivity contribution in [2.24, 2.45) is 5.73 Å². The molecule has 1 atom stereocenters. The summed E-state index contributed by atoms with van der Waals surface area (Å²) in [4.78, 5) is 16.0. The molecule has 5 nitrogen and oxygen atoms in total. The molecule has 0 radical (unpaired) electrons. The van der Waals surface area contributed by atoms with E-state index in [1.54, 1.807) is 24.3 Å². The quantitative estimate of drug-likeness (QED) is 0.828. The predicted molar refractivity (Wildman–Crippen MR) is 97.7 cm³/mol. The fourth-order valence-electron chi connectivity index (χ4n) is 1.77. The fraction of sp³-hybridized carbons (Fsp3) is 0.286. The SMILES string of the molecule is CSCC[C@H](N)C(=O)Nc1cccc(-n2ccnc2)c1.Cl.Cl. The second kappa shape index (κ2) is 10.5. The van der Waals surface area contributed by atoms with Crippen LogP contribution in [0.2, 0.25) is 0 Å². The lowest BCUT2D eigenvalue weighted by Crippen LogP contribution is -2.36. The van der Waals surface area contributed by atoms with Crippen molar-refractivity contribution < 1.29 is 4.79 Å². The molecule has 2 rings (SSSR count). The topological polar surface area (TPSA) is 72.9 Å². The number of benzene rings is 1. The molecule has 1 aromatic heterocycles. The van der Waals surface area contributed by atoms with Crippen molar-refractivity contribution in [3.05, 3.63) is 43.0 Å². The lowest BCUT2D eigenvalue weighted by atomic mass is 10.2. The molecule has 1 heterocycles. The van der Waals surface area contributed by atoms with Crippen LogP contribution in [0.4, 0.5) is 5.69 Å². The molecular formula is C14H20Cl2N4OS. The van der Waals surface area contributed by atoms with E-state index in [0.29, 0.717) is 6.42 Å². The Kier molecular flexibility index (Phi) is 9.93. The summed E-state index contributed by atoms with van der Waals surface area (Å²) in [6.07, 6.45) is 7.95. The zero-order valence-corrected chi connectivity index (χ0v) is 14.6. The van der Waals surface area contributed by atoms with E-state index in [1.807, 2.05) is 41.3 Å². The van der Waals surface area contributed by atoms with Crippen molar-refractivity contribution in [1.29, 1.82) is 0 Å². The molecule has 122 valence electrons. The maximum absolute atomic E-state index is 12.0. The number of carbonyl (C=O) groups excluding carboxylic acids is 1. The molecule has 8 heteroatoms. The zero-order chi connectivity index (χ0) is 14.4. The number of hydrogen-bond donors (Lipinski definition) is 2. The molecular weight excluding hydrogens is 343 g/mol. The second-order valence-corrected chi connectivity index (χ2v) is 5.38. The molecule has 3 N–H and O–H groups in total. The van der Waals surface area contributed by atoms with Crippen molar-refractivity contribution in [2.75, 3.05) is 17.3 Å². The van der Waals surface area contributed by atoms with Gasteiger partial charge in [0.1, 0.15) is 0 Å². The van der Waals surface area contributed by atoms with Crippen molar-refractivity contribution in [2.45, 2.75) is 12.5 Å². The number of thioether (sulfide) groups is 1. The van der Waals surface area contributed by atoms with Crippen LogP contribution in [-0.2, 0) is 4.79 Å². The summed E-state index contributed by atoms with van der Waals surface area (Å²) in [6, 6.07) is 7.10. The number of carbonyl (C=O) groups is 1. The molecule has 0 aliphatic heterocycles. The van der Waals surface area contributed by atoms with Crippen LogP contribution in [0.5, 0.6) is 0 Å². The molecule has 0 unspecified atom stereocenters. The largest absolute Gasteiger partial charge is 0.325 e. The Morgan fingerprint density at radius 2 is 2.23 bits per heavy atom. The number of rotatable bonds is 6. The molecule has 1 amide bonds. The van der Waals surface area contributed by atoms with E-state index in [1.165, 1.54) is 0 Å². The first-order valence-corrected chi connectivity index (χ1v) is 7.74. The molecule has 0 fully saturated rings. The highest BCUT2D eigenvalue weighted by atomic mass is 35.5. The van der Waals surface area contributed by atoms with Crippen LogP contribution >= 0.6 is 36.6 Å². The lowest BCUT2D eigenvalue weighted by molar-refractivity contribution is -0.117. The van der Waals surface area contributed by atoms with Gasteiger partial charge in [-0.25, -0.2) is 4.98 Å². The van der Waals surface area contributed by atoms with Gasteiger partial charge in [0, 0.05) is 23.8 Å². The minimum Gasteiger partial charge on any atom is -0.325 e. The Morgan fingerprint density at radius 1 is 1.45 bits per heavy atom. The number of nitrogens with two attached hydrogens (primary N) is 1. The minimum absolute atomic E-state index is 0. The van der Waals surface area contributed by atoms with Gasteiger partial charge in [0.25, 0.3) is 0 Å². The summed E-state index contributed by atoms with van der Waals surface area (Å²) in [7, 11) is 0. The lowest BCUT2D eigenvalue weighted by Gasteiger charge is -2.12. The van der Waals surface area contributed by atoms with Crippen molar-refractivity contribution in [3.8, 4) is 5.69 Å². The van der Waals surface area contributed by atoms with E-state index in [0.717, 1.165) is 17.1 Å². The van der Waals surface area contributed by atoms with Crippen LogP contribution in [0.3, 0.4) is 0 Å². The van der Waals surface area contributed by atoms with Gasteiger partial charge in [0.2, 0.25) is 5.91 Å². The van der Waals surface area contributed by atoms with E-state index in [9.17, 15) is 4.79 Å². The van der Waals surface area contributed by atoms with Gasteiger partial charge >= 0.3 is 0 Å². The van der Waals surface area contributed by atoms with Gasteiger partial charge in [-0.3, -0.25) is 4.79 Å². The van der Waals surface area contributed by atoms with Gasteiger partial charge in [-0.15, -0.1) is 24.8 Å². The van der Waals surface area contributed by atoms with Crippen LogP contribution in [0, 0.1) is 0 Å². The van der Waals surface area contributed by atoms with Gasteiger partial charge in [-0.05, 0) is 36.6 Å². The molecule has 1 aromatic carbocycles. The third-order valence-corrected chi connectivity index (χ3v) is 3.53. The molecule has 0 aliphatic carbocycles. The number of anilines is 1. The molecule has 0 bridgehead atoms.